The summed E-state index contributed by atoms with van der Waals surface area (Å²) in [4.78, 5) is 18.5. The summed E-state index contributed by atoms with van der Waals surface area (Å²) in [7, 11) is 0. The number of aromatic nitrogens is 2. The van der Waals surface area contributed by atoms with Crippen molar-refractivity contribution in [2.75, 3.05) is 13.1 Å². The number of ether oxygens (including phenoxy) is 1. The maximum Gasteiger partial charge on any atom is 0.230 e. The molecule has 1 amide bonds. The fourth-order valence-corrected chi connectivity index (χ4v) is 2.75. The van der Waals surface area contributed by atoms with Crippen molar-refractivity contribution in [1.82, 2.24) is 15.0 Å². The van der Waals surface area contributed by atoms with E-state index in [4.69, 9.17) is 9.26 Å². The number of amides is 1. The van der Waals surface area contributed by atoms with Crippen molar-refractivity contribution in [3.05, 3.63) is 47.6 Å². The van der Waals surface area contributed by atoms with Crippen LogP contribution in [0.3, 0.4) is 0 Å². The number of carbonyl (C=O) groups is 1. The van der Waals surface area contributed by atoms with E-state index in [-0.39, 0.29) is 18.4 Å². The summed E-state index contributed by atoms with van der Waals surface area (Å²) < 4.78 is 11.0. The number of nitrogens with zero attached hydrogens (tertiary/aromatic N) is 3. The Morgan fingerprint density at radius 1 is 1.48 bits per heavy atom. The highest BCUT2D eigenvalue weighted by Crippen LogP contribution is 2.16. The molecule has 0 radical (unpaired) electrons. The second kappa shape index (κ2) is 7.37. The second-order valence-electron chi connectivity index (χ2n) is 5.85. The van der Waals surface area contributed by atoms with Crippen molar-refractivity contribution in [3.8, 4) is 0 Å². The number of pyridine rings is 1. The van der Waals surface area contributed by atoms with Gasteiger partial charge in [-0.05, 0) is 31.9 Å². The normalized spacial score (nSPS) is 18.1. The zero-order chi connectivity index (χ0) is 16.1. The minimum Gasteiger partial charge on any atom is -0.370 e. The molecular weight excluding hydrogens is 294 g/mol. The molecule has 1 atom stereocenters. The molecular formula is C17H21N3O3. The maximum atomic E-state index is 12.4. The Hall–Kier alpha value is -2.21. The molecule has 6 heteroatoms. The van der Waals surface area contributed by atoms with Crippen LogP contribution in [0.25, 0.3) is 0 Å². The van der Waals surface area contributed by atoms with Crippen LogP contribution in [0, 0.1) is 6.92 Å². The van der Waals surface area contributed by atoms with Gasteiger partial charge in [0.15, 0.2) is 0 Å². The molecule has 1 fully saturated rings. The first-order chi connectivity index (χ1) is 11.2. The lowest BCUT2D eigenvalue weighted by Crippen LogP contribution is -2.43. The number of hydrogen-bond acceptors (Lipinski definition) is 5. The molecule has 0 N–H and O–H groups in total. The van der Waals surface area contributed by atoms with Crippen molar-refractivity contribution >= 4 is 5.91 Å². The molecule has 6 nitrogen and oxygen atoms in total. The highest BCUT2D eigenvalue weighted by molar-refractivity contribution is 5.78. The largest absolute Gasteiger partial charge is 0.370 e. The van der Waals surface area contributed by atoms with Crippen molar-refractivity contribution in [3.63, 3.8) is 0 Å². The molecule has 1 saturated heterocycles. The smallest absolute Gasteiger partial charge is 0.230 e. The van der Waals surface area contributed by atoms with Crippen LogP contribution in [-0.4, -0.2) is 40.1 Å². The van der Waals surface area contributed by atoms with E-state index < -0.39 is 0 Å². The molecule has 0 saturated carbocycles. The average Bonchev–Trinajstić information content (AvgIpc) is 2.99. The van der Waals surface area contributed by atoms with Crippen LogP contribution in [0.4, 0.5) is 0 Å². The molecule has 0 bridgehead atoms. The zero-order valence-electron chi connectivity index (χ0n) is 13.3. The molecule has 0 spiro atoms. The summed E-state index contributed by atoms with van der Waals surface area (Å²) in [6.45, 7) is 3.73. The van der Waals surface area contributed by atoms with Crippen molar-refractivity contribution in [2.24, 2.45) is 0 Å². The molecule has 1 aliphatic rings. The monoisotopic (exact) mass is 315 g/mol. The van der Waals surface area contributed by atoms with Crippen LogP contribution in [0.1, 0.15) is 30.0 Å². The number of aryl methyl sites for hydroxylation is 1. The van der Waals surface area contributed by atoms with Gasteiger partial charge >= 0.3 is 0 Å². The molecule has 0 unspecified atom stereocenters. The average molecular weight is 315 g/mol. The van der Waals surface area contributed by atoms with Gasteiger partial charge in [-0.2, -0.15) is 0 Å². The standard InChI is InChI=1S/C17H21N3O3/c1-13-9-16(23-19-13)10-17(21)20-8-4-6-15(11-20)22-12-14-5-2-3-7-18-14/h2-3,5,7,9,15H,4,6,8,10-12H2,1H3/t15-/m1/s1. The summed E-state index contributed by atoms with van der Waals surface area (Å²) in [6, 6.07) is 7.58. The Kier molecular flexibility index (Phi) is 5.02. The van der Waals surface area contributed by atoms with Gasteiger partial charge in [0, 0.05) is 25.4 Å². The van der Waals surface area contributed by atoms with Gasteiger partial charge in [0.2, 0.25) is 5.91 Å². The van der Waals surface area contributed by atoms with E-state index >= 15 is 0 Å². The minimum atomic E-state index is 0.0613. The van der Waals surface area contributed by atoms with Crippen LogP contribution >= 0.6 is 0 Å². The lowest BCUT2D eigenvalue weighted by atomic mass is 10.1. The zero-order valence-corrected chi connectivity index (χ0v) is 13.3. The Balaban J connectivity index is 1.50. The van der Waals surface area contributed by atoms with Gasteiger partial charge in [0.05, 0.1) is 30.5 Å². The predicted octanol–water partition coefficient (Wildman–Crippen LogP) is 2.13. The van der Waals surface area contributed by atoms with Crippen LogP contribution < -0.4 is 0 Å². The highest BCUT2D eigenvalue weighted by Gasteiger charge is 2.25. The first-order valence-corrected chi connectivity index (χ1v) is 7.92. The van der Waals surface area contributed by atoms with E-state index in [9.17, 15) is 4.79 Å². The molecule has 23 heavy (non-hydrogen) atoms. The number of rotatable bonds is 5. The minimum absolute atomic E-state index is 0.0613. The predicted molar refractivity (Wildman–Crippen MR) is 83.6 cm³/mol. The van der Waals surface area contributed by atoms with Gasteiger partial charge in [-0.15, -0.1) is 0 Å². The number of carbonyl (C=O) groups excluding carboxylic acids is 1. The fraction of sp³-hybridized carbons (Fsp3) is 0.471. The molecule has 3 rings (SSSR count). The molecule has 122 valence electrons. The first kappa shape index (κ1) is 15.7. The summed E-state index contributed by atoms with van der Waals surface area (Å²) in [5.41, 5.74) is 1.70. The van der Waals surface area contributed by atoms with Crippen LogP contribution in [0.15, 0.2) is 35.0 Å². The third-order valence-corrected chi connectivity index (χ3v) is 3.93. The Morgan fingerprint density at radius 3 is 3.13 bits per heavy atom. The third-order valence-electron chi connectivity index (χ3n) is 3.93. The number of hydrogen-bond donors (Lipinski definition) is 0. The quantitative estimate of drug-likeness (QED) is 0.845. The number of likely N-dealkylation sites (tertiary alicyclic amines) is 1. The molecule has 3 heterocycles. The van der Waals surface area contributed by atoms with Gasteiger partial charge in [-0.3, -0.25) is 9.78 Å². The lowest BCUT2D eigenvalue weighted by Gasteiger charge is -2.32. The van der Waals surface area contributed by atoms with Gasteiger partial charge in [0.25, 0.3) is 0 Å². The second-order valence-corrected chi connectivity index (χ2v) is 5.85. The summed E-state index contributed by atoms with van der Waals surface area (Å²) in [6.07, 6.45) is 4.00. The summed E-state index contributed by atoms with van der Waals surface area (Å²) >= 11 is 0. The van der Waals surface area contributed by atoms with E-state index in [1.165, 1.54) is 0 Å². The van der Waals surface area contributed by atoms with Gasteiger partial charge in [0.1, 0.15) is 5.76 Å². The van der Waals surface area contributed by atoms with E-state index in [1.807, 2.05) is 30.0 Å². The Labute approximate surface area is 135 Å². The Bertz CT molecular complexity index is 642. The van der Waals surface area contributed by atoms with Crippen molar-refractivity contribution in [2.45, 2.75) is 38.9 Å². The SMILES string of the molecule is Cc1cc(CC(=O)N2CCC[C@@H](OCc3ccccn3)C2)on1. The van der Waals surface area contributed by atoms with Gasteiger partial charge < -0.3 is 14.2 Å². The fourth-order valence-electron chi connectivity index (χ4n) is 2.75. The van der Waals surface area contributed by atoms with E-state index in [0.717, 1.165) is 30.8 Å². The molecule has 0 aromatic carbocycles. The lowest BCUT2D eigenvalue weighted by molar-refractivity contribution is -0.135. The number of piperidine rings is 1. The van der Waals surface area contributed by atoms with E-state index in [1.54, 1.807) is 12.3 Å². The Morgan fingerprint density at radius 2 is 2.39 bits per heavy atom. The highest BCUT2D eigenvalue weighted by atomic mass is 16.5. The van der Waals surface area contributed by atoms with Crippen molar-refractivity contribution in [1.29, 1.82) is 0 Å². The molecule has 1 aliphatic heterocycles. The van der Waals surface area contributed by atoms with E-state index in [2.05, 4.69) is 10.1 Å². The summed E-state index contributed by atoms with van der Waals surface area (Å²) in [5.74, 6) is 0.677. The third kappa shape index (κ3) is 4.39. The van der Waals surface area contributed by atoms with Crippen molar-refractivity contribution < 1.29 is 14.1 Å². The van der Waals surface area contributed by atoms with E-state index in [0.29, 0.717) is 18.9 Å². The van der Waals surface area contributed by atoms with Crippen LogP contribution in [0.2, 0.25) is 0 Å². The maximum absolute atomic E-state index is 12.4. The molecule has 2 aromatic heterocycles. The molecule has 2 aromatic rings. The first-order valence-electron chi connectivity index (χ1n) is 7.92. The molecule has 0 aliphatic carbocycles. The van der Waals surface area contributed by atoms with Crippen LogP contribution in [0.5, 0.6) is 0 Å². The van der Waals surface area contributed by atoms with Gasteiger partial charge in [-0.1, -0.05) is 11.2 Å². The topological polar surface area (TPSA) is 68.5 Å². The summed E-state index contributed by atoms with van der Waals surface area (Å²) in [5, 5.41) is 3.82. The van der Waals surface area contributed by atoms with Gasteiger partial charge in [-0.25, -0.2) is 0 Å². The van der Waals surface area contributed by atoms with Crippen LogP contribution in [-0.2, 0) is 22.6 Å².